The van der Waals surface area contributed by atoms with Crippen LogP contribution in [0.5, 0.6) is 0 Å². The molecule has 0 saturated heterocycles. The van der Waals surface area contributed by atoms with Gasteiger partial charge in [-0.2, -0.15) is 0 Å². The zero-order chi connectivity index (χ0) is 12.4. The van der Waals surface area contributed by atoms with Gasteiger partial charge in [0.2, 0.25) is 0 Å². The molecule has 1 atom stereocenters. The van der Waals surface area contributed by atoms with Crippen LogP contribution in [0.15, 0.2) is 35.1 Å². The second-order valence-corrected chi connectivity index (χ2v) is 3.88. The van der Waals surface area contributed by atoms with Gasteiger partial charge in [-0.1, -0.05) is 12.1 Å². The molecule has 0 saturated carbocycles. The fraction of sp³-hybridized carbons (Fsp3) is 0.231. The maximum Gasteiger partial charge on any atom is 0.164 e. The van der Waals surface area contributed by atoms with Crippen LogP contribution >= 0.6 is 0 Å². The van der Waals surface area contributed by atoms with Crippen LogP contribution in [0, 0.1) is 18.6 Å². The lowest BCUT2D eigenvalue weighted by Gasteiger charge is -2.16. The van der Waals surface area contributed by atoms with Crippen molar-refractivity contribution in [2.45, 2.75) is 13.0 Å². The molecule has 1 aromatic heterocycles. The van der Waals surface area contributed by atoms with Crippen LogP contribution in [-0.2, 0) is 0 Å². The average molecular weight is 237 g/mol. The molecule has 0 aliphatic carbocycles. The lowest BCUT2D eigenvalue weighted by molar-refractivity contribution is 0.481. The molecule has 0 aliphatic rings. The predicted molar refractivity (Wildman–Crippen MR) is 60.7 cm³/mol. The Morgan fingerprint density at radius 3 is 2.53 bits per heavy atom. The largest absolute Gasteiger partial charge is 0.472 e. The van der Waals surface area contributed by atoms with Crippen molar-refractivity contribution in [3.8, 4) is 0 Å². The van der Waals surface area contributed by atoms with Gasteiger partial charge in [-0.25, -0.2) is 8.78 Å². The molecule has 17 heavy (non-hydrogen) atoms. The Hall–Kier alpha value is -1.68. The number of hydrogen-bond acceptors (Lipinski definition) is 2. The van der Waals surface area contributed by atoms with Crippen LogP contribution in [-0.4, -0.2) is 7.05 Å². The Balaban J connectivity index is 2.49. The van der Waals surface area contributed by atoms with Gasteiger partial charge < -0.3 is 9.73 Å². The molecule has 0 amide bonds. The van der Waals surface area contributed by atoms with E-state index in [4.69, 9.17) is 4.42 Å². The van der Waals surface area contributed by atoms with Gasteiger partial charge in [0.15, 0.2) is 11.6 Å². The molecule has 0 spiro atoms. The fourth-order valence-electron chi connectivity index (χ4n) is 1.82. The molecule has 2 rings (SSSR count). The lowest BCUT2D eigenvalue weighted by Crippen LogP contribution is -2.19. The monoisotopic (exact) mass is 237 g/mol. The summed E-state index contributed by atoms with van der Waals surface area (Å²) in [4.78, 5) is 0. The van der Waals surface area contributed by atoms with E-state index in [1.54, 1.807) is 25.2 Å². The highest BCUT2D eigenvalue weighted by Gasteiger charge is 2.20. The van der Waals surface area contributed by atoms with Gasteiger partial charge >= 0.3 is 0 Å². The van der Waals surface area contributed by atoms with Crippen molar-refractivity contribution in [1.29, 1.82) is 0 Å². The summed E-state index contributed by atoms with van der Waals surface area (Å²) >= 11 is 0. The minimum atomic E-state index is -0.814. The molecule has 2 aromatic rings. The van der Waals surface area contributed by atoms with Crippen molar-refractivity contribution in [3.05, 3.63) is 59.1 Å². The van der Waals surface area contributed by atoms with Gasteiger partial charge in [-0.05, 0) is 25.6 Å². The highest BCUT2D eigenvalue weighted by Crippen LogP contribution is 2.26. The Morgan fingerprint density at radius 1 is 1.18 bits per heavy atom. The van der Waals surface area contributed by atoms with E-state index in [1.165, 1.54) is 19.5 Å². The topological polar surface area (TPSA) is 25.2 Å². The SMILES string of the molecule is CNC(c1ccoc1)c1ccc(C)c(F)c1F. The Morgan fingerprint density at radius 2 is 1.94 bits per heavy atom. The molecule has 1 heterocycles. The molecular weight excluding hydrogens is 224 g/mol. The van der Waals surface area contributed by atoms with E-state index >= 15 is 0 Å². The van der Waals surface area contributed by atoms with Crippen molar-refractivity contribution >= 4 is 0 Å². The standard InChI is InChI=1S/C13H13F2NO/c1-8-3-4-10(12(15)11(8)14)13(16-2)9-5-6-17-7-9/h3-7,13,16H,1-2H3. The summed E-state index contributed by atoms with van der Waals surface area (Å²) in [6, 6.07) is 4.46. The average Bonchev–Trinajstić information content (AvgIpc) is 2.84. The second-order valence-electron chi connectivity index (χ2n) is 3.88. The number of furan rings is 1. The molecule has 0 radical (unpaired) electrons. The first kappa shape index (κ1) is 11.8. The summed E-state index contributed by atoms with van der Waals surface area (Å²) < 4.78 is 32.3. The predicted octanol–water partition coefficient (Wildman–Crippen LogP) is 3.18. The van der Waals surface area contributed by atoms with E-state index < -0.39 is 17.7 Å². The quantitative estimate of drug-likeness (QED) is 0.887. The van der Waals surface area contributed by atoms with Crippen molar-refractivity contribution in [1.82, 2.24) is 5.32 Å². The summed E-state index contributed by atoms with van der Waals surface area (Å²) in [5.74, 6) is -1.61. The summed E-state index contributed by atoms with van der Waals surface area (Å²) in [6.07, 6.45) is 3.01. The molecule has 1 N–H and O–H groups in total. The third-order valence-electron chi connectivity index (χ3n) is 2.78. The maximum absolute atomic E-state index is 13.8. The van der Waals surface area contributed by atoms with Crippen LogP contribution < -0.4 is 5.32 Å². The van der Waals surface area contributed by atoms with Crippen molar-refractivity contribution in [2.75, 3.05) is 7.05 Å². The van der Waals surface area contributed by atoms with E-state index in [2.05, 4.69) is 5.32 Å². The number of benzene rings is 1. The number of aryl methyl sites for hydroxylation is 1. The van der Waals surface area contributed by atoms with Crippen molar-refractivity contribution < 1.29 is 13.2 Å². The Bertz CT molecular complexity index is 508. The lowest BCUT2D eigenvalue weighted by atomic mass is 9.99. The zero-order valence-corrected chi connectivity index (χ0v) is 9.63. The zero-order valence-electron chi connectivity index (χ0n) is 9.63. The Kier molecular flexibility index (Phi) is 3.24. The highest BCUT2D eigenvalue weighted by atomic mass is 19.2. The number of nitrogens with one attached hydrogen (secondary N) is 1. The van der Waals surface area contributed by atoms with Gasteiger partial charge in [-0.15, -0.1) is 0 Å². The molecule has 1 aromatic carbocycles. The van der Waals surface area contributed by atoms with Crippen LogP contribution in [0.2, 0.25) is 0 Å². The third kappa shape index (κ3) is 2.08. The highest BCUT2D eigenvalue weighted by molar-refractivity contribution is 5.33. The minimum absolute atomic E-state index is 0.275. The van der Waals surface area contributed by atoms with Crippen LogP contribution in [0.3, 0.4) is 0 Å². The molecule has 1 unspecified atom stereocenters. The molecule has 2 nitrogen and oxygen atoms in total. The van der Waals surface area contributed by atoms with Gasteiger partial charge in [0, 0.05) is 11.1 Å². The van der Waals surface area contributed by atoms with Gasteiger partial charge in [0.1, 0.15) is 0 Å². The first-order valence-electron chi connectivity index (χ1n) is 5.29. The summed E-state index contributed by atoms with van der Waals surface area (Å²) in [5.41, 5.74) is 1.33. The smallest absolute Gasteiger partial charge is 0.164 e. The molecule has 4 heteroatoms. The van der Waals surface area contributed by atoms with E-state index in [0.717, 1.165) is 5.56 Å². The second kappa shape index (κ2) is 4.67. The first-order chi connectivity index (χ1) is 8.15. The van der Waals surface area contributed by atoms with Gasteiger partial charge in [-0.3, -0.25) is 0 Å². The van der Waals surface area contributed by atoms with E-state index in [-0.39, 0.29) is 5.56 Å². The number of rotatable bonds is 3. The summed E-state index contributed by atoms with van der Waals surface area (Å²) in [7, 11) is 1.69. The summed E-state index contributed by atoms with van der Waals surface area (Å²) in [6.45, 7) is 1.54. The minimum Gasteiger partial charge on any atom is -0.472 e. The third-order valence-corrected chi connectivity index (χ3v) is 2.78. The maximum atomic E-state index is 13.8. The van der Waals surface area contributed by atoms with Crippen molar-refractivity contribution in [3.63, 3.8) is 0 Å². The van der Waals surface area contributed by atoms with E-state index in [1.807, 2.05) is 0 Å². The van der Waals surface area contributed by atoms with Crippen LogP contribution in [0.4, 0.5) is 8.78 Å². The molecule has 0 fully saturated rings. The summed E-state index contributed by atoms with van der Waals surface area (Å²) in [5, 5.41) is 2.94. The molecule has 90 valence electrons. The van der Waals surface area contributed by atoms with Gasteiger partial charge in [0.05, 0.1) is 18.6 Å². The van der Waals surface area contributed by atoms with Crippen LogP contribution in [0.1, 0.15) is 22.7 Å². The normalized spacial score (nSPS) is 12.7. The van der Waals surface area contributed by atoms with Crippen molar-refractivity contribution in [2.24, 2.45) is 0 Å². The molecular formula is C13H13F2NO. The van der Waals surface area contributed by atoms with E-state index in [0.29, 0.717) is 5.56 Å². The van der Waals surface area contributed by atoms with E-state index in [9.17, 15) is 8.78 Å². The first-order valence-corrected chi connectivity index (χ1v) is 5.29. The van der Waals surface area contributed by atoms with Crippen LogP contribution in [0.25, 0.3) is 0 Å². The molecule has 0 aliphatic heterocycles. The van der Waals surface area contributed by atoms with Gasteiger partial charge in [0.25, 0.3) is 0 Å². The molecule has 0 bridgehead atoms. The Labute approximate surface area is 98.3 Å². The number of halogens is 2. The number of hydrogen-bond donors (Lipinski definition) is 1. The fourth-order valence-corrected chi connectivity index (χ4v) is 1.82.